The van der Waals surface area contributed by atoms with Crippen molar-refractivity contribution in [3.8, 4) is 0 Å². The summed E-state index contributed by atoms with van der Waals surface area (Å²) in [6.07, 6.45) is 26.9. The van der Waals surface area contributed by atoms with Crippen molar-refractivity contribution in [2.75, 3.05) is 6.54 Å². The number of thiocarbonyl (C=S) groups is 2. The molecule has 0 radical (unpaired) electrons. The van der Waals surface area contributed by atoms with Crippen LogP contribution in [0.3, 0.4) is 0 Å². The molecule has 4 heteroatoms. The van der Waals surface area contributed by atoms with E-state index in [1.54, 1.807) is 6.20 Å². The topological polar surface area (TPSA) is 24.7 Å². The molecular formula is C22H38N2S2. The van der Waals surface area contributed by atoms with Crippen molar-refractivity contribution < 1.29 is 0 Å². The number of nitrogens with zero attached hydrogens (tertiary/aromatic N) is 2. The van der Waals surface area contributed by atoms with Crippen LogP contribution in [0.4, 0.5) is 0 Å². The molecule has 26 heavy (non-hydrogen) atoms. The van der Waals surface area contributed by atoms with Gasteiger partial charge in [0.1, 0.15) is 0 Å². The molecule has 0 atom stereocenters. The Labute approximate surface area is 172 Å². The fourth-order valence-corrected chi connectivity index (χ4v) is 3.28. The van der Waals surface area contributed by atoms with E-state index >= 15 is 0 Å². The zero-order valence-electron chi connectivity index (χ0n) is 16.6. The van der Waals surface area contributed by atoms with Gasteiger partial charge in [-0.05, 0) is 43.7 Å². The summed E-state index contributed by atoms with van der Waals surface area (Å²) in [6, 6.07) is 0. The first-order chi connectivity index (χ1) is 12.9. The van der Waals surface area contributed by atoms with Gasteiger partial charge in [0.15, 0.2) is 0 Å². The predicted molar refractivity (Wildman–Crippen MR) is 123 cm³/mol. The monoisotopic (exact) mass is 394 g/mol. The number of hydrogen-bond donors (Lipinski definition) is 0. The lowest BCUT2D eigenvalue weighted by molar-refractivity contribution is 0.529. The van der Waals surface area contributed by atoms with E-state index in [-0.39, 0.29) is 0 Å². The number of unbranched alkanes of at least 4 members (excludes halogenated alkanes) is 16. The van der Waals surface area contributed by atoms with Gasteiger partial charge in [0.25, 0.3) is 0 Å². The van der Waals surface area contributed by atoms with Crippen LogP contribution in [0.5, 0.6) is 0 Å². The third-order valence-electron chi connectivity index (χ3n) is 4.69. The van der Waals surface area contributed by atoms with Crippen LogP contribution in [0.1, 0.15) is 109 Å². The lowest BCUT2D eigenvalue weighted by Crippen LogP contribution is -1.84. The third-order valence-corrected chi connectivity index (χ3v) is 4.92. The van der Waals surface area contributed by atoms with Gasteiger partial charge in [0.2, 0.25) is 0 Å². The number of rotatable bonds is 20. The molecule has 0 heterocycles. The van der Waals surface area contributed by atoms with Crippen LogP contribution >= 0.6 is 24.4 Å². The van der Waals surface area contributed by atoms with E-state index in [9.17, 15) is 0 Å². The zero-order chi connectivity index (χ0) is 19.0. The van der Waals surface area contributed by atoms with Crippen molar-refractivity contribution in [1.82, 2.24) is 0 Å². The molecule has 0 amide bonds. The summed E-state index contributed by atoms with van der Waals surface area (Å²) in [5.74, 6) is 0. The Hall–Kier alpha value is -0.660. The second-order valence-corrected chi connectivity index (χ2v) is 7.39. The largest absolute Gasteiger partial charge is 0.233 e. The second-order valence-electron chi connectivity index (χ2n) is 7.02. The summed E-state index contributed by atoms with van der Waals surface area (Å²) in [5, 5.41) is 4.77. The molecule has 0 saturated carbocycles. The predicted octanol–water partition coefficient (Wildman–Crippen LogP) is 8.34. The van der Waals surface area contributed by atoms with E-state index in [0.717, 1.165) is 13.0 Å². The van der Waals surface area contributed by atoms with Crippen molar-refractivity contribution in [2.24, 2.45) is 9.98 Å². The first-order valence-electron chi connectivity index (χ1n) is 10.7. The summed E-state index contributed by atoms with van der Waals surface area (Å²) in [4.78, 5) is 7.71. The standard InChI is InChI=1S/C22H38N2S2/c25-21-23-19-17-15-13-11-9-7-5-3-1-2-4-6-8-10-12-14-16-18-20-24-22-26/h17,19H,1-16,18,20H2. The van der Waals surface area contributed by atoms with E-state index in [4.69, 9.17) is 0 Å². The van der Waals surface area contributed by atoms with Crippen LogP contribution in [-0.4, -0.2) is 16.9 Å². The quantitative estimate of drug-likeness (QED) is 0.118. The highest BCUT2D eigenvalue weighted by atomic mass is 32.1. The number of aliphatic imine (C=N–C) groups is 2. The van der Waals surface area contributed by atoms with Crippen LogP contribution in [0, 0.1) is 0 Å². The average Bonchev–Trinajstić information content (AvgIpc) is 2.66. The molecule has 0 aliphatic carbocycles. The van der Waals surface area contributed by atoms with Gasteiger partial charge in [-0.25, -0.2) is 9.98 Å². The van der Waals surface area contributed by atoms with Crippen molar-refractivity contribution in [3.05, 3.63) is 12.3 Å². The minimum absolute atomic E-state index is 0.866. The van der Waals surface area contributed by atoms with Crippen molar-refractivity contribution in [2.45, 2.75) is 109 Å². The maximum atomic E-state index is 4.56. The maximum Gasteiger partial charge on any atom is 0.0634 e. The summed E-state index contributed by atoms with van der Waals surface area (Å²) in [5.41, 5.74) is 0. The Balaban J connectivity index is 3.04. The van der Waals surface area contributed by atoms with E-state index in [0.29, 0.717) is 0 Å². The minimum atomic E-state index is 0.866. The molecular weight excluding hydrogens is 356 g/mol. The lowest BCUT2D eigenvalue weighted by atomic mass is 10.0. The van der Waals surface area contributed by atoms with Crippen LogP contribution in [-0.2, 0) is 0 Å². The lowest BCUT2D eigenvalue weighted by Gasteiger charge is -2.03. The zero-order valence-corrected chi connectivity index (χ0v) is 18.2. The van der Waals surface area contributed by atoms with Gasteiger partial charge < -0.3 is 0 Å². The van der Waals surface area contributed by atoms with Gasteiger partial charge in [0, 0.05) is 12.7 Å². The van der Waals surface area contributed by atoms with Crippen molar-refractivity contribution >= 4 is 34.8 Å². The highest BCUT2D eigenvalue weighted by Gasteiger charge is 1.94. The highest BCUT2D eigenvalue weighted by molar-refractivity contribution is 7.78. The van der Waals surface area contributed by atoms with Crippen molar-refractivity contribution in [3.63, 3.8) is 0 Å². The SMILES string of the molecule is S=C=NC=CCCCCCCCCCCCCCCCCCCN=C=S. The molecule has 0 fully saturated rings. The molecule has 0 aromatic carbocycles. The molecule has 0 aromatic heterocycles. The molecule has 0 unspecified atom stereocenters. The van der Waals surface area contributed by atoms with Crippen LogP contribution in [0.25, 0.3) is 0 Å². The summed E-state index contributed by atoms with van der Waals surface area (Å²) < 4.78 is 0. The Bertz CT molecular complexity index is 408. The molecule has 0 aliphatic heterocycles. The summed E-state index contributed by atoms with van der Waals surface area (Å²) in [7, 11) is 0. The molecule has 0 N–H and O–H groups in total. The van der Waals surface area contributed by atoms with Gasteiger partial charge in [0.05, 0.1) is 10.3 Å². The fourth-order valence-electron chi connectivity index (χ4n) is 3.13. The van der Waals surface area contributed by atoms with Crippen LogP contribution in [0.15, 0.2) is 22.3 Å². The normalized spacial score (nSPS) is 10.6. The Morgan fingerprint density at radius 2 is 0.962 bits per heavy atom. The van der Waals surface area contributed by atoms with Gasteiger partial charge in [-0.2, -0.15) is 0 Å². The Morgan fingerprint density at radius 3 is 1.38 bits per heavy atom. The first kappa shape index (κ1) is 25.3. The molecule has 0 bridgehead atoms. The summed E-state index contributed by atoms with van der Waals surface area (Å²) >= 11 is 9.06. The molecule has 0 rings (SSSR count). The van der Waals surface area contributed by atoms with Gasteiger partial charge >= 0.3 is 0 Å². The molecule has 0 spiro atoms. The van der Waals surface area contributed by atoms with Gasteiger partial charge in [-0.3, -0.25) is 0 Å². The first-order valence-corrected chi connectivity index (χ1v) is 11.5. The fraction of sp³-hybridized carbons (Fsp3) is 0.818. The Kier molecular flexibility index (Phi) is 23.7. The molecule has 0 saturated heterocycles. The number of isothiocyanates is 2. The number of hydrogen-bond acceptors (Lipinski definition) is 4. The van der Waals surface area contributed by atoms with Crippen LogP contribution in [0.2, 0.25) is 0 Å². The number of allylic oxidation sites excluding steroid dienone is 1. The van der Waals surface area contributed by atoms with Gasteiger partial charge in [-0.1, -0.05) is 96.0 Å². The van der Waals surface area contributed by atoms with Crippen molar-refractivity contribution in [1.29, 1.82) is 0 Å². The van der Waals surface area contributed by atoms with Gasteiger partial charge in [-0.15, -0.1) is 0 Å². The highest BCUT2D eigenvalue weighted by Crippen LogP contribution is 2.14. The van der Waals surface area contributed by atoms with Crippen LogP contribution < -0.4 is 0 Å². The van der Waals surface area contributed by atoms with E-state index < -0.39 is 0 Å². The maximum absolute atomic E-state index is 4.56. The second kappa shape index (κ2) is 24.3. The minimum Gasteiger partial charge on any atom is -0.233 e. The third kappa shape index (κ3) is 23.3. The smallest absolute Gasteiger partial charge is 0.0634 e. The molecule has 0 aliphatic rings. The van der Waals surface area contributed by atoms with E-state index in [2.05, 4.69) is 50.8 Å². The van der Waals surface area contributed by atoms with E-state index in [1.807, 2.05) is 0 Å². The Morgan fingerprint density at radius 1 is 0.538 bits per heavy atom. The summed E-state index contributed by atoms with van der Waals surface area (Å²) in [6.45, 7) is 0.866. The molecule has 0 aromatic rings. The van der Waals surface area contributed by atoms with E-state index in [1.165, 1.54) is 103 Å². The molecule has 148 valence electrons. The average molecular weight is 395 g/mol. The molecule has 2 nitrogen and oxygen atoms in total.